The molecule has 0 aromatic heterocycles. The van der Waals surface area contributed by atoms with Crippen molar-refractivity contribution in [2.24, 2.45) is 0 Å². The topological polar surface area (TPSA) is 26.3 Å². The van der Waals surface area contributed by atoms with Crippen LogP contribution in [0, 0.1) is 0 Å². The molecule has 32 heavy (non-hydrogen) atoms. The molecule has 2 nitrogen and oxygen atoms in total. The first-order chi connectivity index (χ1) is 14.9. The van der Waals surface area contributed by atoms with Crippen molar-refractivity contribution in [3.05, 3.63) is 0 Å². The molecular formula is C22H33F7O2Sn. The van der Waals surface area contributed by atoms with E-state index in [-0.39, 0.29) is 11.8 Å². The van der Waals surface area contributed by atoms with Gasteiger partial charge in [-0.15, -0.1) is 0 Å². The van der Waals surface area contributed by atoms with Crippen LogP contribution in [0.1, 0.15) is 96.3 Å². The number of alkyl halides is 7. The van der Waals surface area contributed by atoms with E-state index in [4.69, 9.17) is 3.07 Å². The molecule has 186 valence electrons. The minimum absolute atomic E-state index is 0.0801. The van der Waals surface area contributed by atoms with Crippen molar-refractivity contribution in [1.29, 1.82) is 0 Å². The third kappa shape index (κ3) is 4.92. The van der Waals surface area contributed by atoms with E-state index in [9.17, 15) is 35.5 Å². The molecule has 0 saturated heterocycles. The second-order valence-corrected chi connectivity index (χ2v) is 22.3. The first-order valence-electron chi connectivity index (χ1n) is 12.0. The summed E-state index contributed by atoms with van der Waals surface area (Å²) in [5.74, 6) is -15.0. The van der Waals surface area contributed by atoms with Gasteiger partial charge in [-0.3, -0.25) is 0 Å². The molecule has 3 aliphatic carbocycles. The zero-order valence-electron chi connectivity index (χ0n) is 18.3. The first-order valence-corrected chi connectivity index (χ1v) is 18.1. The Morgan fingerprint density at radius 2 is 0.906 bits per heavy atom. The summed E-state index contributed by atoms with van der Waals surface area (Å²) < 4.78 is 99.9. The van der Waals surface area contributed by atoms with Gasteiger partial charge in [0.05, 0.1) is 0 Å². The van der Waals surface area contributed by atoms with E-state index >= 15 is 0 Å². The maximum absolute atomic E-state index is 14.4. The molecule has 0 bridgehead atoms. The van der Waals surface area contributed by atoms with Gasteiger partial charge in [-0.1, -0.05) is 0 Å². The van der Waals surface area contributed by atoms with E-state index in [0.29, 0.717) is 38.5 Å². The number of rotatable bonds is 6. The van der Waals surface area contributed by atoms with Crippen LogP contribution in [0.4, 0.5) is 30.7 Å². The van der Waals surface area contributed by atoms with Gasteiger partial charge in [-0.2, -0.15) is 0 Å². The summed E-state index contributed by atoms with van der Waals surface area (Å²) in [4.78, 5) is 12.6. The molecule has 0 aromatic carbocycles. The van der Waals surface area contributed by atoms with Crippen molar-refractivity contribution in [2.75, 3.05) is 0 Å². The Kier molecular flexibility index (Phi) is 8.39. The van der Waals surface area contributed by atoms with Crippen molar-refractivity contribution < 1.29 is 38.6 Å². The summed E-state index contributed by atoms with van der Waals surface area (Å²) in [5, 5.41) is 0. The van der Waals surface area contributed by atoms with Gasteiger partial charge in [0.1, 0.15) is 0 Å². The van der Waals surface area contributed by atoms with Crippen molar-refractivity contribution in [1.82, 2.24) is 0 Å². The number of hydrogen-bond donors (Lipinski definition) is 0. The van der Waals surface area contributed by atoms with Crippen molar-refractivity contribution in [3.63, 3.8) is 0 Å². The normalized spacial score (nSPS) is 23.8. The summed E-state index contributed by atoms with van der Waals surface area (Å²) in [5.41, 5.74) is 0. The third-order valence-corrected chi connectivity index (χ3v) is 25.4. The molecule has 3 fully saturated rings. The van der Waals surface area contributed by atoms with Crippen LogP contribution < -0.4 is 0 Å². The second kappa shape index (κ2) is 10.2. The van der Waals surface area contributed by atoms with E-state index in [0.717, 1.165) is 57.8 Å². The molecule has 0 amide bonds. The first kappa shape index (κ1) is 26.4. The molecule has 0 spiro atoms. The summed E-state index contributed by atoms with van der Waals surface area (Å²) >= 11 is -4.48. The third-order valence-electron chi connectivity index (χ3n) is 8.01. The van der Waals surface area contributed by atoms with Gasteiger partial charge in [0.25, 0.3) is 0 Å². The molecule has 0 unspecified atom stereocenters. The van der Waals surface area contributed by atoms with Gasteiger partial charge in [-0.05, 0) is 0 Å². The fourth-order valence-corrected chi connectivity index (χ4v) is 26.1. The van der Waals surface area contributed by atoms with Crippen LogP contribution in [0.3, 0.4) is 0 Å². The van der Waals surface area contributed by atoms with Crippen molar-refractivity contribution in [3.8, 4) is 0 Å². The number of carbonyl (C=O) groups excluding carboxylic acids is 1. The predicted octanol–water partition coefficient (Wildman–Crippen LogP) is 8.31. The van der Waals surface area contributed by atoms with Crippen LogP contribution in [-0.2, 0) is 7.87 Å². The molecular weight excluding hydrogens is 548 g/mol. The predicted molar refractivity (Wildman–Crippen MR) is 108 cm³/mol. The fourth-order valence-electron chi connectivity index (χ4n) is 6.44. The van der Waals surface area contributed by atoms with Gasteiger partial charge >= 0.3 is 189 Å². The number of carbonyl (C=O) groups is 1. The van der Waals surface area contributed by atoms with Gasteiger partial charge in [0, 0.05) is 0 Å². The van der Waals surface area contributed by atoms with Crippen LogP contribution in [0.25, 0.3) is 0 Å². The van der Waals surface area contributed by atoms with Crippen molar-refractivity contribution in [2.45, 2.75) is 126 Å². The Bertz CT molecular complexity index is 589. The van der Waals surface area contributed by atoms with E-state index in [2.05, 4.69) is 0 Å². The molecule has 0 N–H and O–H groups in total. The maximum atomic E-state index is 14.4. The Hall–Kier alpha value is -0.221. The standard InChI is InChI=1S/3C6H11.C4HF7O2.Sn/c3*1-2-4-6-5-3-1;5-2(6,1(12)13)3(7,8)4(9,10)11;/h3*1H,2-6H2;(H,12,13);/q;;;;+1/p-1. The van der Waals surface area contributed by atoms with Crippen LogP contribution >= 0.6 is 0 Å². The van der Waals surface area contributed by atoms with E-state index in [1.54, 1.807) is 0 Å². The molecule has 3 aliphatic rings. The molecule has 3 saturated carbocycles. The Labute approximate surface area is 189 Å². The number of hydrogen-bond acceptors (Lipinski definition) is 2. The Balaban J connectivity index is 2.03. The Morgan fingerprint density at radius 1 is 0.594 bits per heavy atom. The monoisotopic (exact) mass is 582 g/mol. The molecule has 0 heterocycles. The zero-order valence-corrected chi connectivity index (χ0v) is 21.2. The van der Waals surface area contributed by atoms with Crippen LogP contribution in [-0.4, -0.2) is 42.8 Å². The average Bonchev–Trinajstić information content (AvgIpc) is 2.78. The number of halogens is 7. The van der Waals surface area contributed by atoms with Crippen LogP contribution in [0.2, 0.25) is 11.8 Å². The molecule has 0 radical (unpaired) electrons. The summed E-state index contributed by atoms with van der Waals surface area (Å²) in [6, 6.07) is 0. The molecule has 0 aromatic rings. The van der Waals surface area contributed by atoms with Gasteiger partial charge in [0.2, 0.25) is 0 Å². The molecule has 0 aliphatic heterocycles. The molecule has 3 rings (SSSR count). The Morgan fingerprint density at radius 3 is 1.19 bits per heavy atom. The van der Waals surface area contributed by atoms with E-state index in [1.807, 2.05) is 0 Å². The average molecular weight is 581 g/mol. The molecule has 10 heteroatoms. The second-order valence-electron chi connectivity index (χ2n) is 9.89. The zero-order chi connectivity index (χ0) is 23.6. The van der Waals surface area contributed by atoms with Gasteiger partial charge in [0.15, 0.2) is 0 Å². The summed E-state index contributed by atoms with van der Waals surface area (Å²) in [7, 11) is 0. The molecule has 0 atom stereocenters. The SMILES string of the molecule is O=C([O][Sn]([CH]1CCCCC1)([CH]1CCCCC1)[CH]1CCCCC1)C(F)(F)C(F)(F)C(F)(F)F. The van der Waals surface area contributed by atoms with Gasteiger partial charge in [-0.25, -0.2) is 0 Å². The van der Waals surface area contributed by atoms with Crippen molar-refractivity contribution >= 4 is 24.8 Å². The summed E-state index contributed by atoms with van der Waals surface area (Å²) in [6.45, 7) is 0. The fraction of sp³-hybridized carbons (Fsp3) is 0.955. The quantitative estimate of drug-likeness (QED) is 0.233. The van der Waals surface area contributed by atoms with Crippen LogP contribution in [0.5, 0.6) is 0 Å². The van der Waals surface area contributed by atoms with E-state index in [1.165, 1.54) is 0 Å². The van der Waals surface area contributed by atoms with Gasteiger partial charge < -0.3 is 0 Å². The summed E-state index contributed by atoms with van der Waals surface area (Å²) in [6.07, 6.45) is 5.77. The van der Waals surface area contributed by atoms with Crippen LogP contribution in [0.15, 0.2) is 0 Å². The minimum atomic E-state index is -6.53. The van der Waals surface area contributed by atoms with E-state index < -0.39 is 42.8 Å².